The Labute approximate surface area is 134 Å². The van der Waals surface area contributed by atoms with Crippen molar-refractivity contribution in [3.8, 4) is 0 Å². The van der Waals surface area contributed by atoms with Crippen LogP contribution in [0.25, 0.3) is 0 Å². The standard InChI is InChI=1S/C15H12BrFN2OS/c16-11-5-9(1-3-12(11)17)7-18-10-2-4-14-13(6-10)19-15(20)8-21-14/h1-6,18H,7-8H2,(H,19,20). The molecule has 6 heteroatoms. The Morgan fingerprint density at radius 2 is 2.14 bits per heavy atom. The third kappa shape index (κ3) is 3.39. The Morgan fingerprint density at radius 3 is 2.95 bits per heavy atom. The molecule has 0 bridgehead atoms. The van der Waals surface area contributed by atoms with Gasteiger partial charge in [0.05, 0.1) is 15.9 Å². The number of hydrogen-bond donors (Lipinski definition) is 2. The molecule has 1 heterocycles. The van der Waals surface area contributed by atoms with Crippen molar-refractivity contribution >= 4 is 45.0 Å². The molecule has 0 unspecified atom stereocenters. The van der Waals surface area contributed by atoms with Crippen molar-refractivity contribution in [2.45, 2.75) is 11.4 Å². The van der Waals surface area contributed by atoms with E-state index in [-0.39, 0.29) is 11.7 Å². The summed E-state index contributed by atoms with van der Waals surface area (Å²) >= 11 is 4.71. The lowest BCUT2D eigenvalue weighted by Gasteiger charge is -2.17. The first-order valence-corrected chi connectivity index (χ1v) is 8.14. The van der Waals surface area contributed by atoms with E-state index in [4.69, 9.17) is 0 Å². The first-order chi connectivity index (χ1) is 10.1. The summed E-state index contributed by atoms with van der Waals surface area (Å²) < 4.78 is 13.6. The van der Waals surface area contributed by atoms with Crippen LogP contribution in [-0.2, 0) is 11.3 Å². The highest BCUT2D eigenvalue weighted by Gasteiger charge is 2.15. The van der Waals surface area contributed by atoms with Crippen LogP contribution in [0.5, 0.6) is 0 Å². The first-order valence-electron chi connectivity index (χ1n) is 6.36. The zero-order chi connectivity index (χ0) is 14.8. The monoisotopic (exact) mass is 366 g/mol. The Kier molecular flexibility index (Phi) is 4.17. The molecule has 21 heavy (non-hydrogen) atoms. The van der Waals surface area contributed by atoms with Gasteiger partial charge in [0.25, 0.3) is 0 Å². The molecular formula is C15H12BrFN2OS. The van der Waals surface area contributed by atoms with Gasteiger partial charge in [-0.3, -0.25) is 4.79 Å². The fraction of sp³-hybridized carbons (Fsp3) is 0.133. The lowest BCUT2D eigenvalue weighted by Crippen LogP contribution is -2.18. The Hall–Kier alpha value is -1.53. The third-order valence-corrected chi connectivity index (χ3v) is 4.77. The maximum atomic E-state index is 13.2. The van der Waals surface area contributed by atoms with Crippen molar-refractivity contribution in [1.82, 2.24) is 0 Å². The molecule has 3 nitrogen and oxygen atoms in total. The van der Waals surface area contributed by atoms with Gasteiger partial charge in [-0.05, 0) is 51.8 Å². The molecule has 0 fully saturated rings. The maximum Gasteiger partial charge on any atom is 0.234 e. The summed E-state index contributed by atoms with van der Waals surface area (Å²) in [6, 6.07) is 10.8. The van der Waals surface area contributed by atoms with Crippen LogP contribution in [-0.4, -0.2) is 11.7 Å². The molecule has 0 aliphatic carbocycles. The summed E-state index contributed by atoms with van der Waals surface area (Å²) in [6.45, 7) is 0.582. The zero-order valence-corrected chi connectivity index (χ0v) is 13.4. The molecule has 2 aromatic carbocycles. The predicted molar refractivity (Wildman–Crippen MR) is 87.2 cm³/mol. The second-order valence-corrected chi connectivity index (χ2v) is 6.52. The smallest absolute Gasteiger partial charge is 0.234 e. The minimum Gasteiger partial charge on any atom is -0.381 e. The van der Waals surface area contributed by atoms with Gasteiger partial charge in [-0.15, -0.1) is 11.8 Å². The fourth-order valence-electron chi connectivity index (χ4n) is 2.05. The molecule has 2 N–H and O–H groups in total. The van der Waals surface area contributed by atoms with Crippen molar-refractivity contribution in [2.24, 2.45) is 0 Å². The van der Waals surface area contributed by atoms with Crippen molar-refractivity contribution in [1.29, 1.82) is 0 Å². The average Bonchev–Trinajstić information content (AvgIpc) is 2.48. The lowest BCUT2D eigenvalue weighted by atomic mass is 10.2. The fourth-order valence-corrected chi connectivity index (χ4v) is 3.26. The third-order valence-electron chi connectivity index (χ3n) is 3.09. The van der Waals surface area contributed by atoms with E-state index < -0.39 is 0 Å². The van der Waals surface area contributed by atoms with E-state index in [9.17, 15) is 9.18 Å². The SMILES string of the molecule is O=C1CSc2ccc(NCc3ccc(F)c(Br)c3)cc2N1. The molecule has 1 aliphatic rings. The van der Waals surface area contributed by atoms with Crippen LogP contribution in [0.4, 0.5) is 15.8 Å². The van der Waals surface area contributed by atoms with E-state index in [1.54, 1.807) is 12.1 Å². The minimum atomic E-state index is -0.271. The van der Waals surface area contributed by atoms with Crippen molar-refractivity contribution < 1.29 is 9.18 Å². The van der Waals surface area contributed by atoms with Crippen LogP contribution in [0, 0.1) is 5.82 Å². The number of amides is 1. The Morgan fingerprint density at radius 1 is 1.29 bits per heavy atom. The maximum absolute atomic E-state index is 13.2. The largest absolute Gasteiger partial charge is 0.381 e. The van der Waals surface area contributed by atoms with E-state index >= 15 is 0 Å². The van der Waals surface area contributed by atoms with Gasteiger partial charge in [-0.25, -0.2) is 4.39 Å². The van der Waals surface area contributed by atoms with Crippen LogP contribution >= 0.6 is 27.7 Å². The Balaban J connectivity index is 1.72. The van der Waals surface area contributed by atoms with Crippen molar-refractivity contribution in [3.05, 3.63) is 52.3 Å². The second kappa shape index (κ2) is 6.07. The number of nitrogens with one attached hydrogen (secondary N) is 2. The summed E-state index contributed by atoms with van der Waals surface area (Å²) in [7, 11) is 0. The summed E-state index contributed by atoms with van der Waals surface area (Å²) in [5.74, 6) is 0.211. The van der Waals surface area contributed by atoms with Gasteiger partial charge in [-0.1, -0.05) is 6.07 Å². The molecule has 3 rings (SSSR count). The number of benzene rings is 2. The van der Waals surface area contributed by atoms with Gasteiger partial charge in [0.2, 0.25) is 5.91 Å². The second-order valence-electron chi connectivity index (χ2n) is 4.65. The molecule has 1 amide bonds. The van der Waals surface area contributed by atoms with Crippen LogP contribution in [0.15, 0.2) is 45.8 Å². The molecule has 0 aromatic heterocycles. The van der Waals surface area contributed by atoms with Crippen LogP contribution in [0.3, 0.4) is 0 Å². The number of anilines is 2. The number of carbonyl (C=O) groups excluding carboxylic acids is 1. The molecule has 2 aromatic rings. The summed E-state index contributed by atoms with van der Waals surface area (Å²) in [5.41, 5.74) is 2.72. The van der Waals surface area contributed by atoms with E-state index in [0.29, 0.717) is 16.8 Å². The highest BCUT2D eigenvalue weighted by atomic mass is 79.9. The van der Waals surface area contributed by atoms with E-state index in [1.807, 2.05) is 18.2 Å². The van der Waals surface area contributed by atoms with Gasteiger partial charge >= 0.3 is 0 Å². The van der Waals surface area contributed by atoms with Gasteiger partial charge in [-0.2, -0.15) is 0 Å². The minimum absolute atomic E-state index is 0.0205. The highest BCUT2D eigenvalue weighted by Crippen LogP contribution is 2.33. The van der Waals surface area contributed by atoms with Crippen LogP contribution in [0.2, 0.25) is 0 Å². The van der Waals surface area contributed by atoms with E-state index in [1.165, 1.54) is 17.8 Å². The molecule has 1 aliphatic heterocycles. The molecule has 108 valence electrons. The quantitative estimate of drug-likeness (QED) is 0.853. The number of rotatable bonds is 3. The van der Waals surface area contributed by atoms with Crippen molar-refractivity contribution in [2.75, 3.05) is 16.4 Å². The molecule has 0 saturated heterocycles. The van der Waals surface area contributed by atoms with Crippen LogP contribution < -0.4 is 10.6 Å². The molecule has 0 saturated carbocycles. The molecule has 0 spiro atoms. The molecule has 0 atom stereocenters. The van der Waals surface area contributed by atoms with Gasteiger partial charge in [0.15, 0.2) is 0 Å². The molecular weight excluding hydrogens is 355 g/mol. The van der Waals surface area contributed by atoms with E-state index in [2.05, 4.69) is 26.6 Å². The number of halogens is 2. The van der Waals surface area contributed by atoms with Crippen LogP contribution in [0.1, 0.15) is 5.56 Å². The Bertz CT molecular complexity index is 708. The number of thioether (sulfide) groups is 1. The molecule has 0 radical (unpaired) electrons. The van der Waals surface area contributed by atoms with Crippen molar-refractivity contribution in [3.63, 3.8) is 0 Å². The number of hydrogen-bond acceptors (Lipinski definition) is 3. The summed E-state index contributed by atoms with van der Waals surface area (Å²) in [6.07, 6.45) is 0. The summed E-state index contributed by atoms with van der Waals surface area (Å²) in [5, 5.41) is 6.13. The number of fused-ring (bicyclic) bond motifs is 1. The summed E-state index contributed by atoms with van der Waals surface area (Å²) in [4.78, 5) is 12.5. The van der Waals surface area contributed by atoms with Gasteiger partial charge in [0, 0.05) is 17.1 Å². The highest BCUT2D eigenvalue weighted by molar-refractivity contribution is 9.10. The van der Waals surface area contributed by atoms with E-state index in [0.717, 1.165) is 21.8 Å². The average molecular weight is 367 g/mol. The first kappa shape index (κ1) is 14.4. The normalized spacial score (nSPS) is 13.5. The van der Waals surface area contributed by atoms with Gasteiger partial charge < -0.3 is 10.6 Å². The predicted octanol–water partition coefficient (Wildman–Crippen LogP) is 4.24. The lowest BCUT2D eigenvalue weighted by molar-refractivity contribution is -0.113. The van der Waals surface area contributed by atoms with Gasteiger partial charge in [0.1, 0.15) is 5.82 Å². The zero-order valence-electron chi connectivity index (χ0n) is 11.0. The topological polar surface area (TPSA) is 41.1 Å². The number of carbonyl (C=O) groups is 1.